The van der Waals surface area contributed by atoms with Crippen LogP contribution in [0.3, 0.4) is 0 Å². The van der Waals surface area contributed by atoms with E-state index in [0.29, 0.717) is 11.8 Å². The van der Waals surface area contributed by atoms with Crippen molar-refractivity contribution in [3.05, 3.63) is 136 Å². The Bertz CT molecular complexity index is 1440. The molecule has 0 saturated carbocycles. The second-order valence-corrected chi connectivity index (χ2v) is 11.0. The van der Waals surface area contributed by atoms with Crippen molar-refractivity contribution in [1.82, 2.24) is 0 Å². The Morgan fingerprint density at radius 2 is 1.60 bits per heavy atom. The minimum atomic E-state index is 0.382. The fraction of sp³-hybridized carbons (Fsp3) is 0.176. The second kappa shape index (κ2) is 9.40. The van der Waals surface area contributed by atoms with Crippen molar-refractivity contribution < 1.29 is 0 Å². The lowest BCUT2D eigenvalue weighted by Crippen LogP contribution is -2.01. The second-order valence-electron chi connectivity index (χ2n) is 9.85. The molecule has 1 aliphatic heterocycles. The zero-order valence-corrected chi connectivity index (χ0v) is 21.2. The van der Waals surface area contributed by atoms with Gasteiger partial charge in [-0.15, -0.1) is 0 Å². The summed E-state index contributed by atoms with van der Waals surface area (Å²) in [5, 5.41) is 0. The van der Waals surface area contributed by atoms with Gasteiger partial charge in [0.05, 0.1) is 0 Å². The summed E-state index contributed by atoms with van der Waals surface area (Å²) in [6.07, 6.45) is 20.0. The maximum atomic E-state index is 2.39. The third-order valence-corrected chi connectivity index (χ3v) is 8.66. The van der Waals surface area contributed by atoms with Crippen LogP contribution in [0.2, 0.25) is 0 Å². The number of fused-ring (bicyclic) bond motifs is 3. The van der Waals surface area contributed by atoms with E-state index in [1.165, 1.54) is 54.3 Å². The van der Waals surface area contributed by atoms with Crippen molar-refractivity contribution in [3.63, 3.8) is 0 Å². The number of hydrogen-bond acceptors (Lipinski definition) is 1. The first kappa shape index (κ1) is 22.2. The van der Waals surface area contributed by atoms with E-state index in [0.717, 1.165) is 12.8 Å². The molecule has 3 aromatic carbocycles. The molecule has 2 atom stereocenters. The van der Waals surface area contributed by atoms with E-state index in [1.807, 2.05) is 11.8 Å². The highest BCUT2D eigenvalue weighted by Gasteiger charge is 2.28. The number of rotatable bonds is 3. The Balaban J connectivity index is 1.34. The summed E-state index contributed by atoms with van der Waals surface area (Å²) in [7, 11) is 0. The van der Waals surface area contributed by atoms with Crippen molar-refractivity contribution in [2.45, 2.75) is 43.4 Å². The maximum absolute atomic E-state index is 2.39. The van der Waals surface area contributed by atoms with Gasteiger partial charge in [0.1, 0.15) is 0 Å². The summed E-state index contributed by atoms with van der Waals surface area (Å²) < 4.78 is 0. The Kier molecular flexibility index (Phi) is 5.96. The van der Waals surface area contributed by atoms with Gasteiger partial charge in [-0.25, -0.2) is 0 Å². The van der Waals surface area contributed by atoms with Crippen LogP contribution < -0.4 is 0 Å². The van der Waals surface area contributed by atoms with E-state index in [9.17, 15) is 0 Å². The van der Waals surface area contributed by atoms with Crippen LogP contribution in [0.1, 0.15) is 48.3 Å². The number of benzene rings is 3. The number of thioether (sulfide) groups is 1. The lowest BCUT2D eigenvalue weighted by Gasteiger charge is -2.20. The first-order valence-electron chi connectivity index (χ1n) is 12.6. The average molecular weight is 471 g/mol. The van der Waals surface area contributed by atoms with Crippen LogP contribution in [0.15, 0.2) is 125 Å². The quantitative estimate of drug-likeness (QED) is 0.367. The molecule has 0 saturated heterocycles. The summed E-state index contributed by atoms with van der Waals surface area (Å²) in [4.78, 5) is 2.91. The van der Waals surface area contributed by atoms with Gasteiger partial charge in [0.15, 0.2) is 0 Å². The van der Waals surface area contributed by atoms with Gasteiger partial charge < -0.3 is 0 Å². The molecule has 1 heterocycles. The molecule has 6 rings (SSSR count). The normalized spacial score (nSPS) is 23.8. The Hall–Kier alpha value is -3.29. The molecule has 1 heteroatoms. The largest absolute Gasteiger partial charge is 0.0936 e. The fourth-order valence-corrected chi connectivity index (χ4v) is 6.88. The standard InChI is InChI=1S/C34H30S/c1-23-10-4-3-5-11-27(20-23)29-12-6-7-13-30(29)28-18-16-25(21-24(28)2)26-17-19-32-31-14-8-9-15-33(31)35-34(32)22-26/h3-13,15-19,21-22,27,31H,14,20H2,1-2H3/b4-3-,11-5-,23-10+. The zero-order valence-electron chi connectivity index (χ0n) is 20.4. The van der Waals surface area contributed by atoms with Gasteiger partial charge in [-0.2, -0.15) is 0 Å². The van der Waals surface area contributed by atoms with Crippen LogP contribution in [-0.4, -0.2) is 0 Å². The summed E-state index contributed by atoms with van der Waals surface area (Å²) in [5.41, 5.74) is 10.9. The molecule has 0 aromatic heterocycles. The molecule has 2 aliphatic carbocycles. The molecule has 2 unspecified atom stereocenters. The monoisotopic (exact) mass is 470 g/mol. The molecule has 172 valence electrons. The van der Waals surface area contributed by atoms with Gasteiger partial charge in [-0.05, 0) is 76.6 Å². The van der Waals surface area contributed by atoms with Crippen molar-refractivity contribution >= 4 is 11.8 Å². The van der Waals surface area contributed by atoms with E-state index < -0.39 is 0 Å². The molecule has 0 radical (unpaired) electrons. The maximum Gasteiger partial charge on any atom is 0.0199 e. The third kappa shape index (κ3) is 4.30. The minimum absolute atomic E-state index is 0.382. The third-order valence-electron chi connectivity index (χ3n) is 7.43. The Morgan fingerprint density at radius 3 is 2.51 bits per heavy atom. The minimum Gasteiger partial charge on any atom is -0.0936 e. The molecule has 35 heavy (non-hydrogen) atoms. The summed E-state index contributed by atoms with van der Waals surface area (Å²) in [6.45, 7) is 4.49. The predicted octanol–water partition coefficient (Wildman–Crippen LogP) is 9.91. The van der Waals surface area contributed by atoms with Crippen LogP contribution in [0.25, 0.3) is 22.3 Å². The van der Waals surface area contributed by atoms with Crippen molar-refractivity contribution in [3.8, 4) is 22.3 Å². The SMILES string of the molecule is C\C1=C/C=C\C=C/C(c2ccccc2-c2ccc(-c3ccc4c(c3)SC3=CC=CCC34)cc2C)C1. The van der Waals surface area contributed by atoms with Gasteiger partial charge in [0.25, 0.3) is 0 Å². The molecule has 0 spiro atoms. The van der Waals surface area contributed by atoms with Gasteiger partial charge in [0, 0.05) is 16.7 Å². The highest BCUT2D eigenvalue weighted by Crippen LogP contribution is 2.52. The summed E-state index contributed by atoms with van der Waals surface area (Å²) >= 11 is 1.95. The van der Waals surface area contributed by atoms with E-state index in [-0.39, 0.29) is 0 Å². The van der Waals surface area contributed by atoms with E-state index in [4.69, 9.17) is 0 Å². The van der Waals surface area contributed by atoms with Crippen LogP contribution in [0.4, 0.5) is 0 Å². The van der Waals surface area contributed by atoms with Crippen molar-refractivity contribution in [1.29, 1.82) is 0 Å². The van der Waals surface area contributed by atoms with Gasteiger partial charge >= 0.3 is 0 Å². The van der Waals surface area contributed by atoms with E-state index >= 15 is 0 Å². The highest BCUT2D eigenvalue weighted by atomic mass is 32.2. The fourth-order valence-electron chi connectivity index (χ4n) is 5.60. The van der Waals surface area contributed by atoms with Crippen molar-refractivity contribution in [2.24, 2.45) is 0 Å². The summed E-state index contributed by atoms with van der Waals surface area (Å²) in [5.74, 6) is 0.943. The molecule has 0 nitrogen and oxygen atoms in total. The van der Waals surface area contributed by atoms with Crippen LogP contribution in [0.5, 0.6) is 0 Å². The number of hydrogen-bond donors (Lipinski definition) is 0. The number of aryl methyl sites for hydroxylation is 1. The van der Waals surface area contributed by atoms with Crippen LogP contribution in [0, 0.1) is 6.92 Å². The van der Waals surface area contributed by atoms with Crippen molar-refractivity contribution in [2.75, 3.05) is 0 Å². The van der Waals surface area contributed by atoms with E-state index in [1.54, 1.807) is 0 Å². The van der Waals surface area contributed by atoms with E-state index in [2.05, 4.69) is 123 Å². The molecule has 0 bridgehead atoms. The Labute approximate surface area is 213 Å². The predicted molar refractivity (Wildman–Crippen MR) is 152 cm³/mol. The van der Waals surface area contributed by atoms with Gasteiger partial charge in [-0.1, -0.05) is 121 Å². The molecule has 3 aromatic rings. The van der Waals surface area contributed by atoms with Gasteiger partial charge in [0.2, 0.25) is 0 Å². The first-order valence-corrected chi connectivity index (χ1v) is 13.4. The highest BCUT2D eigenvalue weighted by molar-refractivity contribution is 8.03. The molecule has 0 amide bonds. The summed E-state index contributed by atoms with van der Waals surface area (Å²) in [6, 6.07) is 23.0. The topological polar surface area (TPSA) is 0 Å². The molecule has 3 aliphatic rings. The van der Waals surface area contributed by atoms with Gasteiger partial charge in [-0.3, -0.25) is 0 Å². The lowest BCUT2D eigenvalue weighted by molar-refractivity contribution is 0.825. The first-order chi connectivity index (χ1) is 17.2. The van der Waals surface area contributed by atoms with Crippen LogP contribution >= 0.6 is 11.8 Å². The lowest BCUT2D eigenvalue weighted by atomic mass is 9.84. The zero-order chi connectivity index (χ0) is 23.8. The molecular formula is C34H30S. The Morgan fingerprint density at radius 1 is 0.743 bits per heavy atom. The number of allylic oxidation sites excluding steroid dienone is 10. The molecular weight excluding hydrogens is 440 g/mol. The molecule has 0 fully saturated rings. The van der Waals surface area contributed by atoms with Crippen LogP contribution in [-0.2, 0) is 0 Å². The molecule has 0 N–H and O–H groups in total. The average Bonchev–Trinajstić information content (AvgIpc) is 3.24. The smallest absolute Gasteiger partial charge is 0.0199 e.